The van der Waals surface area contributed by atoms with Crippen LogP contribution in [0.5, 0.6) is 0 Å². The highest BCUT2D eigenvalue weighted by molar-refractivity contribution is 5.67. The molecule has 1 heterocycles. The van der Waals surface area contributed by atoms with Crippen molar-refractivity contribution in [1.29, 1.82) is 0 Å². The first-order valence-corrected chi connectivity index (χ1v) is 4.72. The minimum atomic E-state index is -0.822. The van der Waals surface area contributed by atoms with Crippen LogP contribution in [0.25, 0.3) is 0 Å². The summed E-state index contributed by atoms with van der Waals surface area (Å²) in [6.45, 7) is 4.35. The SMILES string of the molecule is CC(C)N(CCC(=O)O)c1cncnn1. The number of carboxylic acid groups (broad SMARTS) is 1. The summed E-state index contributed by atoms with van der Waals surface area (Å²) in [5.74, 6) is -0.216. The number of anilines is 1. The zero-order valence-electron chi connectivity index (χ0n) is 8.79. The Labute approximate surface area is 88.0 Å². The molecular formula is C9H14N4O2. The molecule has 0 amide bonds. The van der Waals surface area contributed by atoms with E-state index < -0.39 is 5.97 Å². The number of hydrogen-bond donors (Lipinski definition) is 1. The zero-order chi connectivity index (χ0) is 11.3. The number of nitrogens with zero attached hydrogens (tertiary/aromatic N) is 4. The molecular weight excluding hydrogens is 196 g/mol. The lowest BCUT2D eigenvalue weighted by atomic mass is 10.3. The second kappa shape index (κ2) is 5.23. The van der Waals surface area contributed by atoms with Crippen molar-refractivity contribution in [2.45, 2.75) is 26.3 Å². The molecule has 0 aliphatic heterocycles. The molecule has 1 aromatic heterocycles. The summed E-state index contributed by atoms with van der Waals surface area (Å²) in [4.78, 5) is 16.2. The maximum Gasteiger partial charge on any atom is 0.305 e. The summed E-state index contributed by atoms with van der Waals surface area (Å²) >= 11 is 0. The molecule has 6 nitrogen and oxygen atoms in total. The van der Waals surface area contributed by atoms with Crippen LogP contribution in [0.15, 0.2) is 12.5 Å². The third-order valence-electron chi connectivity index (χ3n) is 1.95. The average Bonchev–Trinajstić information content (AvgIpc) is 2.18. The monoisotopic (exact) mass is 210 g/mol. The first kappa shape index (κ1) is 11.4. The van der Waals surface area contributed by atoms with Crippen molar-refractivity contribution >= 4 is 11.8 Å². The topological polar surface area (TPSA) is 79.2 Å². The van der Waals surface area contributed by atoms with Crippen molar-refractivity contribution in [2.75, 3.05) is 11.4 Å². The van der Waals surface area contributed by atoms with E-state index >= 15 is 0 Å². The van der Waals surface area contributed by atoms with Crippen LogP contribution >= 0.6 is 0 Å². The summed E-state index contributed by atoms with van der Waals surface area (Å²) in [5.41, 5.74) is 0. The Morgan fingerprint density at radius 1 is 1.60 bits per heavy atom. The molecule has 0 saturated carbocycles. The molecule has 6 heteroatoms. The number of aromatic nitrogens is 3. The summed E-state index contributed by atoms with van der Waals surface area (Å²) in [6, 6.07) is 0.169. The van der Waals surface area contributed by atoms with Gasteiger partial charge in [0.2, 0.25) is 0 Å². The Balaban J connectivity index is 2.70. The normalized spacial score (nSPS) is 10.3. The molecule has 82 valence electrons. The first-order valence-electron chi connectivity index (χ1n) is 4.72. The van der Waals surface area contributed by atoms with E-state index in [2.05, 4.69) is 15.2 Å². The summed E-state index contributed by atoms with van der Waals surface area (Å²) in [6.07, 6.45) is 3.00. The van der Waals surface area contributed by atoms with Crippen molar-refractivity contribution in [3.8, 4) is 0 Å². The van der Waals surface area contributed by atoms with Crippen LogP contribution < -0.4 is 4.90 Å². The smallest absolute Gasteiger partial charge is 0.305 e. The van der Waals surface area contributed by atoms with Gasteiger partial charge in [-0.25, -0.2) is 4.98 Å². The predicted octanol–water partition coefficient (Wildman–Crippen LogP) is 0.561. The lowest BCUT2D eigenvalue weighted by molar-refractivity contribution is -0.136. The van der Waals surface area contributed by atoms with Crippen molar-refractivity contribution in [3.05, 3.63) is 12.5 Å². The average molecular weight is 210 g/mol. The van der Waals surface area contributed by atoms with Crippen molar-refractivity contribution in [2.24, 2.45) is 0 Å². The molecule has 0 spiro atoms. The summed E-state index contributed by atoms with van der Waals surface area (Å²) < 4.78 is 0. The fraction of sp³-hybridized carbons (Fsp3) is 0.556. The Hall–Kier alpha value is -1.72. The van der Waals surface area contributed by atoms with Gasteiger partial charge in [0.1, 0.15) is 6.33 Å². The van der Waals surface area contributed by atoms with Gasteiger partial charge in [-0.15, -0.1) is 10.2 Å². The largest absolute Gasteiger partial charge is 0.481 e. The molecule has 0 radical (unpaired) electrons. The number of carbonyl (C=O) groups is 1. The second-order valence-corrected chi connectivity index (χ2v) is 3.40. The van der Waals surface area contributed by atoms with Gasteiger partial charge in [0.25, 0.3) is 0 Å². The molecule has 0 saturated heterocycles. The van der Waals surface area contributed by atoms with Gasteiger partial charge >= 0.3 is 5.97 Å². The molecule has 15 heavy (non-hydrogen) atoms. The highest BCUT2D eigenvalue weighted by Gasteiger charge is 2.13. The van der Waals surface area contributed by atoms with Crippen molar-refractivity contribution < 1.29 is 9.90 Å². The molecule has 0 aliphatic rings. The van der Waals surface area contributed by atoms with Crippen LogP contribution in [0.2, 0.25) is 0 Å². The van der Waals surface area contributed by atoms with Gasteiger partial charge in [0.05, 0.1) is 12.6 Å². The molecule has 0 aromatic carbocycles. The molecule has 0 fully saturated rings. The van der Waals surface area contributed by atoms with Gasteiger partial charge in [-0.05, 0) is 13.8 Å². The maximum absolute atomic E-state index is 10.5. The van der Waals surface area contributed by atoms with Gasteiger partial charge in [-0.3, -0.25) is 4.79 Å². The standard InChI is InChI=1S/C9H14N4O2/c1-7(2)13(4-3-9(14)15)8-5-10-6-11-12-8/h5-7H,3-4H2,1-2H3,(H,14,15). The van der Waals surface area contributed by atoms with E-state index in [1.807, 2.05) is 18.7 Å². The summed E-state index contributed by atoms with van der Waals surface area (Å²) in [5, 5.41) is 16.2. The molecule has 0 bridgehead atoms. The van der Waals surface area contributed by atoms with Crippen LogP contribution in [0, 0.1) is 0 Å². The molecule has 1 rings (SSSR count). The van der Waals surface area contributed by atoms with E-state index in [-0.39, 0.29) is 12.5 Å². The van der Waals surface area contributed by atoms with E-state index in [4.69, 9.17) is 5.11 Å². The number of hydrogen-bond acceptors (Lipinski definition) is 5. The Morgan fingerprint density at radius 2 is 2.33 bits per heavy atom. The quantitative estimate of drug-likeness (QED) is 0.765. The van der Waals surface area contributed by atoms with E-state index in [1.54, 1.807) is 6.20 Å². The minimum absolute atomic E-state index is 0.0781. The first-order chi connectivity index (χ1) is 7.11. The fourth-order valence-corrected chi connectivity index (χ4v) is 1.23. The number of carboxylic acids is 1. The molecule has 0 unspecified atom stereocenters. The predicted molar refractivity (Wildman–Crippen MR) is 54.6 cm³/mol. The van der Waals surface area contributed by atoms with Crippen molar-refractivity contribution in [3.63, 3.8) is 0 Å². The Morgan fingerprint density at radius 3 is 2.80 bits per heavy atom. The van der Waals surface area contributed by atoms with Gasteiger partial charge in [-0.2, -0.15) is 0 Å². The van der Waals surface area contributed by atoms with Crippen LogP contribution in [-0.4, -0.2) is 38.8 Å². The lowest BCUT2D eigenvalue weighted by Gasteiger charge is -2.26. The third kappa shape index (κ3) is 3.49. The third-order valence-corrected chi connectivity index (χ3v) is 1.95. The molecule has 0 atom stereocenters. The molecule has 1 N–H and O–H groups in total. The van der Waals surface area contributed by atoms with Gasteiger partial charge in [-0.1, -0.05) is 0 Å². The van der Waals surface area contributed by atoms with Gasteiger partial charge < -0.3 is 10.0 Å². The highest BCUT2D eigenvalue weighted by Crippen LogP contribution is 2.11. The summed E-state index contributed by atoms with van der Waals surface area (Å²) in [7, 11) is 0. The van der Waals surface area contributed by atoms with Crippen LogP contribution in [-0.2, 0) is 4.79 Å². The van der Waals surface area contributed by atoms with E-state index in [1.165, 1.54) is 6.33 Å². The second-order valence-electron chi connectivity index (χ2n) is 3.40. The van der Waals surface area contributed by atoms with E-state index in [9.17, 15) is 4.79 Å². The maximum atomic E-state index is 10.5. The van der Waals surface area contributed by atoms with E-state index in [0.29, 0.717) is 12.4 Å². The number of rotatable bonds is 5. The number of aliphatic carboxylic acids is 1. The Bertz CT molecular complexity index is 315. The van der Waals surface area contributed by atoms with Crippen LogP contribution in [0.4, 0.5) is 5.82 Å². The highest BCUT2D eigenvalue weighted by atomic mass is 16.4. The van der Waals surface area contributed by atoms with Gasteiger partial charge in [0.15, 0.2) is 5.82 Å². The zero-order valence-corrected chi connectivity index (χ0v) is 8.79. The van der Waals surface area contributed by atoms with Crippen LogP contribution in [0.3, 0.4) is 0 Å². The Kier molecular flexibility index (Phi) is 3.96. The van der Waals surface area contributed by atoms with Crippen molar-refractivity contribution in [1.82, 2.24) is 15.2 Å². The lowest BCUT2D eigenvalue weighted by Crippen LogP contribution is -2.33. The molecule has 1 aromatic rings. The van der Waals surface area contributed by atoms with Crippen LogP contribution in [0.1, 0.15) is 20.3 Å². The minimum Gasteiger partial charge on any atom is -0.481 e. The molecule has 0 aliphatic carbocycles. The fourth-order valence-electron chi connectivity index (χ4n) is 1.23. The van der Waals surface area contributed by atoms with E-state index in [0.717, 1.165) is 0 Å². The van der Waals surface area contributed by atoms with Gasteiger partial charge in [0, 0.05) is 12.6 Å².